The fraction of sp³-hybridized carbons (Fsp3) is 0.286. The highest BCUT2D eigenvalue weighted by Crippen LogP contribution is 2.25. The van der Waals surface area contributed by atoms with Crippen molar-refractivity contribution < 1.29 is 8.42 Å². The molecule has 0 unspecified atom stereocenters. The fourth-order valence-corrected chi connectivity index (χ4v) is 4.29. The van der Waals surface area contributed by atoms with Gasteiger partial charge >= 0.3 is 0 Å². The highest BCUT2D eigenvalue weighted by Gasteiger charge is 2.30. The van der Waals surface area contributed by atoms with E-state index in [2.05, 4.69) is 9.97 Å². The zero-order valence-corrected chi connectivity index (χ0v) is 13.3. The molecule has 0 aliphatic carbocycles. The van der Waals surface area contributed by atoms with Crippen molar-refractivity contribution in [1.82, 2.24) is 14.3 Å². The van der Waals surface area contributed by atoms with Gasteiger partial charge in [-0.1, -0.05) is 23.7 Å². The van der Waals surface area contributed by atoms with Crippen LogP contribution in [0.5, 0.6) is 0 Å². The molecule has 1 fully saturated rings. The lowest BCUT2D eigenvalue weighted by atomic mass is 10.4. The van der Waals surface area contributed by atoms with Gasteiger partial charge < -0.3 is 4.90 Å². The van der Waals surface area contributed by atoms with Gasteiger partial charge in [-0.2, -0.15) is 4.31 Å². The summed E-state index contributed by atoms with van der Waals surface area (Å²) in [5, 5.41) is 0.247. The molecule has 3 rings (SSSR count). The summed E-state index contributed by atoms with van der Waals surface area (Å²) in [5.41, 5.74) is 0. The largest absolute Gasteiger partial charge is 0.338 e. The Hall–Kier alpha value is -1.70. The molecule has 2 heterocycles. The molecular weight excluding hydrogens is 324 g/mol. The van der Waals surface area contributed by atoms with Crippen LogP contribution in [0.15, 0.2) is 47.6 Å². The number of aromatic nitrogens is 2. The molecule has 22 heavy (non-hydrogen) atoms. The summed E-state index contributed by atoms with van der Waals surface area (Å²) in [5.74, 6) is 0.622. The van der Waals surface area contributed by atoms with E-state index >= 15 is 0 Å². The van der Waals surface area contributed by atoms with Crippen LogP contribution in [0.4, 0.5) is 5.95 Å². The van der Waals surface area contributed by atoms with E-state index in [0.717, 1.165) is 0 Å². The van der Waals surface area contributed by atoms with Crippen molar-refractivity contribution in [2.24, 2.45) is 0 Å². The first-order valence-corrected chi connectivity index (χ1v) is 8.67. The highest BCUT2D eigenvalue weighted by atomic mass is 35.5. The summed E-state index contributed by atoms with van der Waals surface area (Å²) >= 11 is 6.02. The first-order valence-electron chi connectivity index (χ1n) is 6.86. The van der Waals surface area contributed by atoms with Gasteiger partial charge in [0.2, 0.25) is 16.0 Å². The Morgan fingerprint density at radius 1 is 0.955 bits per heavy atom. The van der Waals surface area contributed by atoms with Gasteiger partial charge in [0, 0.05) is 38.6 Å². The molecule has 1 aliphatic heterocycles. The van der Waals surface area contributed by atoms with Crippen LogP contribution in [0.1, 0.15) is 0 Å². The highest BCUT2D eigenvalue weighted by molar-refractivity contribution is 7.89. The molecule has 0 amide bonds. The fourth-order valence-electron chi connectivity index (χ4n) is 2.38. The number of benzene rings is 1. The lowest BCUT2D eigenvalue weighted by Crippen LogP contribution is -2.49. The second-order valence-electron chi connectivity index (χ2n) is 4.87. The van der Waals surface area contributed by atoms with Crippen molar-refractivity contribution >= 4 is 27.6 Å². The molecule has 0 spiro atoms. The molecule has 0 bridgehead atoms. The second kappa shape index (κ2) is 6.20. The number of hydrogen-bond donors (Lipinski definition) is 0. The predicted molar refractivity (Wildman–Crippen MR) is 84.5 cm³/mol. The van der Waals surface area contributed by atoms with E-state index in [-0.39, 0.29) is 9.92 Å². The lowest BCUT2D eigenvalue weighted by Gasteiger charge is -2.34. The Labute approximate surface area is 134 Å². The first kappa shape index (κ1) is 15.2. The van der Waals surface area contributed by atoms with Gasteiger partial charge in [0.15, 0.2) is 0 Å². The van der Waals surface area contributed by atoms with E-state index in [1.807, 2.05) is 4.90 Å². The maximum absolute atomic E-state index is 12.6. The van der Waals surface area contributed by atoms with E-state index in [1.54, 1.807) is 36.7 Å². The summed E-state index contributed by atoms with van der Waals surface area (Å²) in [6.07, 6.45) is 3.35. The Kier molecular flexibility index (Phi) is 4.28. The summed E-state index contributed by atoms with van der Waals surface area (Å²) in [6, 6.07) is 8.26. The van der Waals surface area contributed by atoms with E-state index in [9.17, 15) is 8.42 Å². The normalized spacial score (nSPS) is 16.7. The SMILES string of the molecule is O=S(=O)(c1ccccc1Cl)N1CCN(c2ncccn2)CC1. The molecule has 0 N–H and O–H groups in total. The third kappa shape index (κ3) is 2.92. The number of nitrogens with zero attached hydrogens (tertiary/aromatic N) is 4. The van der Waals surface area contributed by atoms with Gasteiger partial charge in [-0.05, 0) is 18.2 Å². The number of hydrogen-bond acceptors (Lipinski definition) is 5. The van der Waals surface area contributed by atoms with Crippen LogP contribution in [0.2, 0.25) is 5.02 Å². The van der Waals surface area contributed by atoms with Gasteiger partial charge in [0.1, 0.15) is 4.90 Å². The minimum atomic E-state index is -3.56. The third-order valence-corrected chi connectivity index (χ3v) is 5.93. The molecule has 8 heteroatoms. The van der Waals surface area contributed by atoms with Crippen LogP contribution in [0.3, 0.4) is 0 Å². The molecule has 0 radical (unpaired) electrons. The smallest absolute Gasteiger partial charge is 0.244 e. The monoisotopic (exact) mass is 338 g/mol. The summed E-state index contributed by atoms with van der Waals surface area (Å²) in [4.78, 5) is 10.5. The first-order chi connectivity index (χ1) is 10.6. The van der Waals surface area contributed by atoms with Crippen molar-refractivity contribution in [2.45, 2.75) is 4.90 Å². The molecule has 0 saturated carbocycles. The van der Waals surface area contributed by atoms with Crippen LogP contribution in [-0.2, 0) is 10.0 Å². The number of rotatable bonds is 3. The lowest BCUT2D eigenvalue weighted by molar-refractivity contribution is 0.382. The molecule has 6 nitrogen and oxygen atoms in total. The molecule has 1 aliphatic rings. The van der Waals surface area contributed by atoms with Crippen molar-refractivity contribution in [3.63, 3.8) is 0 Å². The summed E-state index contributed by atoms with van der Waals surface area (Å²) in [7, 11) is -3.56. The van der Waals surface area contributed by atoms with E-state index in [1.165, 1.54) is 10.4 Å². The quantitative estimate of drug-likeness (QED) is 0.851. The van der Waals surface area contributed by atoms with E-state index < -0.39 is 10.0 Å². The third-order valence-electron chi connectivity index (χ3n) is 3.53. The molecule has 116 valence electrons. The number of anilines is 1. The molecular formula is C14H15ClN4O2S. The molecule has 0 atom stereocenters. The minimum absolute atomic E-state index is 0.154. The average Bonchev–Trinajstić information content (AvgIpc) is 2.56. The molecule has 1 aromatic heterocycles. The van der Waals surface area contributed by atoms with Gasteiger partial charge in [-0.25, -0.2) is 18.4 Å². The maximum atomic E-state index is 12.6. The van der Waals surface area contributed by atoms with Crippen LogP contribution < -0.4 is 4.90 Å². The number of piperazine rings is 1. The standard InChI is InChI=1S/C14H15ClN4O2S/c15-12-4-1-2-5-13(12)22(20,21)19-10-8-18(9-11-19)14-16-6-3-7-17-14/h1-7H,8-11H2. The van der Waals surface area contributed by atoms with Crippen molar-refractivity contribution in [2.75, 3.05) is 31.1 Å². The zero-order valence-electron chi connectivity index (χ0n) is 11.8. The van der Waals surface area contributed by atoms with E-state index in [4.69, 9.17) is 11.6 Å². The van der Waals surface area contributed by atoms with Crippen LogP contribution in [0.25, 0.3) is 0 Å². The Morgan fingerprint density at radius 3 is 2.23 bits per heavy atom. The van der Waals surface area contributed by atoms with Crippen LogP contribution in [-0.4, -0.2) is 48.9 Å². The molecule has 2 aromatic rings. The Bertz CT molecular complexity index is 746. The zero-order chi connectivity index (χ0) is 15.6. The van der Waals surface area contributed by atoms with Crippen LogP contribution in [0, 0.1) is 0 Å². The van der Waals surface area contributed by atoms with Crippen molar-refractivity contribution in [3.8, 4) is 0 Å². The van der Waals surface area contributed by atoms with Gasteiger partial charge in [0.25, 0.3) is 0 Å². The Morgan fingerprint density at radius 2 is 1.59 bits per heavy atom. The van der Waals surface area contributed by atoms with Crippen LogP contribution >= 0.6 is 11.6 Å². The minimum Gasteiger partial charge on any atom is -0.338 e. The topological polar surface area (TPSA) is 66.4 Å². The number of sulfonamides is 1. The van der Waals surface area contributed by atoms with Gasteiger partial charge in [0.05, 0.1) is 5.02 Å². The Balaban J connectivity index is 1.75. The summed E-state index contributed by atoms with van der Waals surface area (Å²) < 4.78 is 26.7. The average molecular weight is 339 g/mol. The van der Waals surface area contributed by atoms with Gasteiger partial charge in [-0.15, -0.1) is 0 Å². The van der Waals surface area contributed by atoms with Crippen molar-refractivity contribution in [1.29, 1.82) is 0 Å². The number of halogens is 1. The molecule has 1 aromatic carbocycles. The maximum Gasteiger partial charge on any atom is 0.244 e. The predicted octanol–water partition coefficient (Wildman–Crippen LogP) is 1.64. The molecule has 1 saturated heterocycles. The van der Waals surface area contributed by atoms with Gasteiger partial charge in [-0.3, -0.25) is 0 Å². The second-order valence-corrected chi connectivity index (χ2v) is 7.18. The summed E-state index contributed by atoms with van der Waals surface area (Å²) in [6.45, 7) is 1.86. The van der Waals surface area contributed by atoms with Crippen molar-refractivity contribution in [3.05, 3.63) is 47.7 Å². The van der Waals surface area contributed by atoms with E-state index in [0.29, 0.717) is 32.1 Å².